The molecule has 0 spiro atoms. The predicted octanol–water partition coefficient (Wildman–Crippen LogP) is 2.52. The zero-order valence-electron chi connectivity index (χ0n) is 10.8. The van der Waals surface area contributed by atoms with Crippen LogP contribution in [0.5, 0.6) is 5.75 Å². The maximum absolute atomic E-state index is 11.8. The largest absolute Gasteiger partial charge is 0.497 e. The average Bonchev–Trinajstić information content (AvgIpc) is 2.31. The van der Waals surface area contributed by atoms with Gasteiger partial charge in [-0.25, -0.2) is 12.7 Å². The minimum absolute atomic E-state index is 0.150. The van der Waals surface area contributed by atoms with Gasteiger partial charge in [0, 0.05) is 18.6 Å². The van der Waals surface area contributed by atoms with Gasteiger partial charge in [-0.05, 0) is 24.1 Å². The van der Waals surface area contributed by atoms with E-state index >= 15 is 0 Å². The first-order chi connectivity index (χ1) is 8.40. The summed E-state index contributed by atoms with van der Waals surface area (Å²) in [5, 5.41) is 0.507. The molecule has 0 N–H and O–H groups in total. The summed E-state index contributed by atoms with van der Waals surface area (Å²) in [5.41, 5.74) is 0.764. The number of hydrogen-bond donors (Lipinski definition) is 0. The second-order valence-corrected chi connectivity index (χ2v) is 6.63. The van der Waals surface area contributed by atoms with E-state index in [-0.39, 0.29) is 12.3 Å². The third-order valence-electron chi connectivity index (χ3n) is 2.59. The minimum Gasteiger partial charge on any atom is -0.497 e. The number of halogens is 1. The third kappa shape index (κ3) is 3.86. The molecule has 0 saturated heterocycles. The number of rotatable bonds is 6. The Morgan fingerprint density at radius 2 is 2.06 bits per heavy atom. The fourth-order valence-electron chi connectivity index (χ4n) is 1.54. The van der Waals surface area contributed by atoms with Gasteiger partial charge in [0.05, 0.1) is 12.9 Å². The molecule has 0 heterocycles. The van der Waals surface area contributed by atoms with E-state index in [9.17, 15) is 8.42 Å². The highest BCUT2D eigenvalue weighted by atomic mass is 35.5. The molecule has 102 valence electrons. The molecule has 1 aromatic carbocycles. The SMILES string of the molecule is CCCS(=O)(=O)N(C)Cc1ccc(OC)cc1Cl. The molecule has 0 aliphatic carbocycles. The Morgan fingerprint density at radius 3 is 2.56 bits per heavy atom. The van der Waals surface area contributed by atoms with Gasteiger partial charge in [0.1, 0.15) is 5.75 Å². The molecular weight excluding hydrogens is 274 g/mol. The van der Waals surface area contributed by atoms with Crippen molar-refractivity contribution in [1.29, 1.82) is 0 Å². The summed E-state index contributed by atoms with van der Waals surface area (Å²) in [6.07, 6.45) is 0.600. The second-order valence-electron chi connectivity index (χ2n) is 4.03. The van der Waals surface area contributed by atoms with E-state index in [1.54, 1.807) is 32.4 Å². The van der Waals surface area contributed by atoms with Gasteiger partial charge in [-0.15, -0.1) is 0 Å². The number of methoxy groups -OCH3 is 1. The molecule has 0 saturated carbocycles. The van der Waals surface area contributed by atoms with Gasteiger partial charge in [-0.2, -0.15) is 0 Å². The maximum Gasteiger partial charge on any atom is 0.214 e. The molecule has 0 aliphatic rings. The molecule has 0 bridgehead atoms. The predicted molar refractivity (Wildman–Crippen MR) is 73.5 cm³/mol. The summed E-state index contributed by atoms with van der Waals surface area (Å²) in [5.74, 6) is 0.805. The summed E-state index contributed by atoms with van der Waals surface area (Å²) < 4.78 is 30.0. The van der Waals surface area contributed by atoms with Crippen LogP contribution < -0.4 is 4.74 Å². The zero-order chi connectivity index (χ0) is 13.8. The smallest absolute Gasteiger partial charge is 0.214 e. The van der Waals surface area contributed by atoms with E-state index in [1.807, 2.05) is 6.92 Å². The van der Waals surface area contributed by atoms with Crippen LogP contribution in [-0.4, -0.2) is 32.6 Å². The Balaban J connectivity index is 2.85. The molecule has 1 aromatic rings. The van der Waals surface area contributed by atoms with Gasteiger partial charge in [0.15, 0.2) is 0 Å². The minimum atomic E-state index is -3.20. The van der Waals surface area contributed by atoms with E-state index in [1.165, 1.54) is 4.31 Å². The summed E-state index contributed by atoms with van der Waals surface area (Å²) in [6.45, 7) is 2.11. The van der Waals surface area contributed by atoms with Gasteiger partial charge in [0.25, 0.3) is 0 Å². The molecule has 0 aromatic heterocycles. The fraction of sp³-hybridized carbons (Fsp3) is 0.500. The lowest BCUT2D eigenvalue weighted by Gasteiger charge is -2.17. The van der Waals surface area contributed by atoms with E-state index < -0.39 is 10.0 Å². The van der Waals surface area contributed by atoms with Crippen molar-refractivity contribution in [2.24, 2.45) is 0 Å². The van der Waals surface area contributed by atoms with Crippen molar-refractivity contribution in [3.05, 3.63) is 28.8 Å². The van der Waals surface area contributed by atoms with Crippen molar-refractivity contribution in [1.82, 2.24) is 4.31 Å². The first kappa shape index (κ1) is 15.3. The van der Waals surface area contributed by atoms with Crippen LogP contribution >= 0.6 is 11.6 Å². The summed E-state index contributed by atoms with van der Waals surface area (Å²) >= 11 is 6.08. The molecule has 1 rings (SSSR count). The zero-order valence-corrected chi connectivity index (χ0v) is 12.4. The topological polar surface area (TPSA) is 46.6 Å². The standard InChI is InChI=1S/C12H18ClNO3S/c1-4-7-18(15,16)14(2)9-10-5-6-11(17-3)8-12(10)13/h5-6,8H,4,7,9H2,1-3H3. The lowest BCUT2D eigenvalue weighted by molar-refractivity contribution is 0.414. The Hall–Kier alpha value is -0.780. The average molecular weight is 292 g/mol. The highest BCUT2D eigenvalue weighted by molar-refractivity contribution is 7.89. The van der Waals surface area contributed by atoms with Crippen molar-refractivity contribution in [2.45, 2.75) is 19.9 Å². The summed E-state index contributed by atoms with van der Waals surface area (Å²) in [7, 11) is -0.0778. The molecule has 4 nitrogen and oxygen atoms in total. The van der Waals surface area contributed by atoms with Crippen LogP contribution in [0.1, 0.15) is 18.9 Å². The van der Waals surface area contributed by atoms with E-state index in [2.05, 4.69) is 0 Å². The number of nitrogens with zero attached hydrogens (tertiary/aromatic N) is 1. The van der Waals surface area contributed by atoms with E-state index in [4.69, 9.17) is 16.3 Å². The molecule has 0 unspecified atom stereocenters. The number of ether oxygens (including phenoxy) is 1. The van der Waals surface area contributed by atoms with Crippen LogP contribution in [0.2, 0.25) is 5.02 Å². The number of benzene rings is 1. The monoisotopic (exact) mass is 291 g/mol. The van der Waals surface area contributed by atoms with Crippen molar-refractivity contribution < 1.29 is 13.2 Å². The van der Waals surface area contributed by atoms with Crippen LogP contribution in [0, 0.1) is 0 Å². The molecule has 0 fully saturated rings. The van der Waals surface area contributed by atoms with Gasteiger partial charge in [-0.3, -0.25) is 0 Å². The van der Waals surface area contributed by atoms with Crippen molar-refractivity contribution in [3.63, 3.8) is 0 Å². The number of sulfonamides is 1. The van der Waals surface area contributed by atoms with E-state index in [0.717, 1.165) is 5.56 Å². The Morgan fingerprint density at radius 1 is 1.39 bits per heavy atom. The van der Waals surface area contributed by atoms with Crippen molar-refractivity contribution in [2.75, 3.05) is 19.9 Å². The maximum atomic E-state index is 11.8. The summed E-state index contributed by atoms with van der Waals surface area (Å²) in [4.78, 5) is 0. The molecule has 0 radical (unpaired) electrons. The van der Waals surface area contributed by atoms with Crippen LogP contribution in [0.25, 0.3) is 0 Å². The summed E-state index contributed by atoms with van der Waals surface area (Å²) in [6, 6.07) is 5.22. The fourth-order valence-corrected chi connectivity index (χ4v) is 2.93. The lowest BCUT2D eigenvalue weighted by atomic mass is 10.2. The second kappa shape index (κ2) is 6.41. The molecular formula is C12H18ClNO3S. The highest BCUT2D eigenvalue weighted by Gasteiger charge is 2.17. The highest BCUT2D eigenvalue weighted by Crippen LogP contribution is 2.24. The molecule has 6 heteroatoms. The number of hydrogen-bond acceptors (Lipinski definition) is 3. The molecule has 0 atom stereocenters. The third-order valence-corrected chi connectivity index (χ3v) is 4.95. The van der Waals surface area contributed by atoms with Crippen LogP contribution in [0.4, 0.5) is 0 Å². The van der Waals surface area contributed by atoms with Crippen LogP contribution in [0.15, 0.2) is 18.2 Å². The van der Waals surface area contributed by atoms with Crippen LogP contribution in [0.3, 0.4) is 0 Å². The van der Waals surface area contributed by atoms with Gasteiger partial charge in [-0.1, -0.05) is 24.6 Å². The normalized spacial score (nSPS) is 11.8. The molecule has 0 amide bonds. The van der Waals surface area contributed by atoms with Crippen LogP contribution in [-0.2, 0) is 16.6 Å². The van der Waals surface area contributed by atoms with Gasteiger partial charge >= 0.3 is 0 Å². The Kier molecular flexibility index (Phi) is 5.44. The lowest BCUT2D eigenvalue weighted by Crippen LogP contribution is -2.28. The first-order valence-electron chi connectivity index (χ1n) is 5.67. The van der Waals surface area contributed by atoms with E-state index in [0.29, 0.717) is 17.2 Å². The van der Waals surface area contributed by atoms with Gasteiger partial charge < -0.3 is 4.74 Å². The Bertz CT molecular complexity index is 502. The Labute approximate surface area is 114 Å². The van der Waals surface area contributed by atoms with Crippen molar-refractivity contribution >= 4 is 21.6 Å². The first-order valence-corrected chi connectivity index (χ1v) is 7.66. The van der Waals surface area contributed by atoms with Gasteiger partial charge in [0.2, 0.25) is 10.0 Å². The molecule has 18 heavy (non-hydrogen) atoms. The quantitative estimate of drug-likeness (QED) is 0.809. The van der Waals surface area contributed by atoms with Crippen molar-refractivity contribution in [3.8, 4) is 5.75 Å². The molecule has 0 aliphatic heterocycles.